The fourth-order valence-electron chi connectivity index (χ4n) is 0. The van der Waals surface area contributed by atoms with Crippen LogP contribution in [0.15, 0.2) is 0 Å². The predicted octanol–water partition coefficient (Wildman–Crippen LogP) is 3.93. The van der Waals surface area contributed by atoms with Crippen LogP contribution in [-0.2, 0) is 18.6 Å². The van der Waals surface area contributed by atoms with Gasteiger partial charge in [0.2, 0.25) is 0 Å². The molecule has 0 amide bonds. The van der Waals surface area contributed by atoms with Gasteiger partial charge in [-0.05, 0) is 0 Å². The molecule has 0 spiro atoms. The topological polar surface area (TPSA) is 0 Å². The van der Waals surface area contributed by atoms with Crippen molar-refractivity contribution in [3.05, 3.63) is 20.3 Å². The Kier molecular flexibility index (Phi) is 21.7. The van der Waals surface area contributed by atoms with Crippen molar-refractivity contribution >= 4 is 0 Å². The molecule has 0 nitrogen and oxygen atoms in total. The minimum atomic E-state index is 0. The first-order chi connectivity index (χ1) is 3.73. The van der Waals surface area contributed by atoms with E-state index in [-0.39, 0.29) is 31.4 Å². The smallest absolute Gasteiger partial charge is 0 e. The zero-order valence-corrected chi connectivity index (χ0v) is 10.6. The average Bonchev–Trinajstić information content (AvgIpc) is 1.19. The van der Waals surface area contributed by atoms with Gasteiger partial charge in [0.05, 0.1) is 0 Å². The van der Waals surface area contributed by atoms with E-state index in [4.69, 9.17) is 0 Å². The summed E-state index contributed by atoms with van der Waals surface area (Å²) in [5, 5.41) is 0. The van der Waals surface area contributed by atoms with Crippen molar-refractivity contribution in [3.63, 3.8) is 0 Å². The second-order valence-corrected chi connectivity index (χ2v) is 4.06. The van der Waals surface area contributed by atoms with Crippen LogP contribution in [0.25, 0.3) is 0 Å². The van der Waals surface area contributed by atoms with Gasteiger partial charge < -0.3 is 20.3 Å². The molecular weight excluding hydrogens is 171 g/mol. The summed E-state index contributed by atoms with van der Waals surface area (Å²) in [5.74, 6) is 1.42. The SMILES string of the molecule is C[C-](C)C.[CH2-]C(C)(C)C.[CH3-].[V]. The molecule has 0 aromatic heterocycles. The van der Waals surface area contributed by atoms with Gasteiger partial charge in [0, 0.05) is 18.6 Å². The van der Waals surface area contributed by atoms with Gasteiger partial charge in [-0.3, -0.25) is 0 Å². The second-order valence-electron chi connectivity index (χ2n) is 4.06. The Morgan fingerprint density at radius 3 is 1.00 bits per heavy atom. The first-order valence-corrected chi connectivity index (χ1v) is 3.35. The third-order valence-corrected chi connectivity index (χ3v) is 0. The zero-order valence-electron chi connectivity index (χ0n) is 9.15. The summed E-state index contributed by atoms with van der Waals surface area (Å²) in [4.78, 5) is 0. The molecule has 0 rings (SSSR count). The van der Waals surface area contributed by atoms with Crippen LogP contribution in [0.2, 0.25) is 0 Å². The Morgan fingerprint density at radius 2 is 1.00 bits per heavy atom. The summed E-state index contributed by atoms with van der Waals surface area (Å²) in [6.45, 7) is 16.2. The minimum Gasteiger partial charge on any atom is -0.358 e. The molecule has 0 saturated carbocycles. The Morgan fingerprint density at radius 1 is 1.00 bits per heavy atom. The number of rotatable bonds is 0. The van der Waals surface area contributed by atoms with Crippen LogP contribution in [0.1, 0.15) is 41.5 Å². The van der Waals surface area contributed by atoms with Crippen molar-refractivity contribution in [2.45, 2.75) is 41.5 Å². The first kappa shape index (κ1) is 22.6. The molecule has 1 heteroatoms. The summed E-state index contributed by atoms with van der Waals surface area (Å²) in [5.41, 5.74) is 0.250. The van der Waals surface area contributed by atoms with Crippen molar-refractivity contribution in [3.8, 4) is 0 Å². The Hall–Kier alpha value is 0.584. The maximum atomic E-state index is 3.77. The van der Waals surface area contributed by atoms with Crippen LogP contribution in [0, 0.1) is 25.7 Å². The fourth-order valence-corrected chi connectivity index (χ4v) is 0. The van der Waals surface area contributed by atoms with Crippen molar-refractivity contribution in [2.75, 3.05) is 0 Å². The summed E-state index contributed by atoms with van der Waals surface area (Å²) >= 11 is 0. The van der Waals surface area contributed by atoms with Crippen molar-refractivity contribution < 1.29 is 18.6 Å². The molecule has 0 N–H and O–H groups in total. The maximum Gasteiger partial charge on any atom is 0 e. The van der Waals surface area contributed by atoms with E-state index in [0.29, 0.717) is 0 Å². The fraction of sp³-hybridized carbons (Fsp3) is 0.700. The molecule has 0 saturated heterocycles. The number of hydrogen-bond acceptors (Lipinski definition) is 0. The molecule has 0 aromatic carbocycles. The van der Waals surface area contributed by atoms with Crippen LogP contribution >= 0.6 is 0 Å². The minimum absolute atomic E-state index is 0. The standard InChI is InChI=1S/C5H11.C4H9.CH3.V/c1-5(2,3)4;1-4(2)3;;/h1H2,2-4H3;1-3H3;1H3;/q3*-1;. The van der Waals surface area contributed by atoms with E-state index in [0.717, 1.165) is 0 Å². The molecule has 1 radical (unpaired) electrons. The average molecular weight is 194 g/mol. The summed E-state index contributed by atoms with van der Waals surface area (Å²) < 4.78 is 0. The van der Waals surface area contributed by atoms with E-state index in [2.05, 4.69) is 48.5 Å². The Labute approximate surface area is 86.0 Å². The molecule has 0 unspecified atom stereocenters. The molecule has 0 aromatic rings. The molecule has 0 atom stereocenters. The summed E-state index contributed by atoms with van der Waals surface area (Å²) in [7, 11) is 0. The van der Waals surface area contributed by atoms with Crippen molar-refractivity contribution in [1.82, 2.24) is 0 Å². The van der Waals surface area contributed by atoms with Gasteiger partial charge in [0.25, 0.3) is 0 Å². The van der Waals surface area contributed by atoms with E-state index in [1.165, 1.54) is 5.92 Å². The van der Waals surface area contributed by atoms with Gasteiger partial charge in [-0.2, -0.15) is 26.2 Å². The molecule has 0 heterocycles. The van der Waals surface area contributed by atoms with Crippen molar-refractivity contribution in [1.29, 1.82) is 0 Å². The second kappa shape index (κ2) is 10.6. The molecule has 0 aliphatic rings. The van der Waals surface area contributed by atoms with E-state index in [1.54, 1.807) is 0 Å². The monoisotopic (exact) mass is 194 g/mol. The van der Waals surface area contributed by atoms with Gasteiger partial charge in [-0.1, -0.05) is 20.8 Å². The Balaban J connectivity index is -0.0000000383. The molecular formula is C10H23V-3. The molecule has 0 aliphatic heterocycles. The maximum absolute atomic E-state index is 3.77. The van der Waals surface area contributed by atoms with Crippen LogP contribution in [0.3, 0.4) is 0 Å². The van der Waals surface area contributed by atoms with Gasteiger partial charge in [0.1, 0.15) is 0 Å². The summed E-state index contributed by atoms with van der Waals surface area (Å²) in [6, 6.07) is 0. The van der Waals surface area contributed by atoms with E-state index in [1.807, 2.05) is 0 Å². The molecule has 0 aliphatic carbocycles. The third-order valence-electron chi connectivity index (χ3n) is 0. The normalized spacial score (nSPS) is 8.73. The van der Waals surface area contributed by atoms with Crippen LogP contribution < -0.4 is 0 Å². The molecule has 11 heavy (non-hydrogen) atoms. The molecule has 71 valence electrons. The van der Waals surface area contributed by atoms with E-state index < -0.39 is 0 Å². The largest absolute Gasteiger partial charge is 0.358 e. The van der Waals surface area contributed by atoms with Crippen LogP contribution in [0.4, 0.5) is 0 Å². The van der Waals surface area contributed by atoms with Crippen LogP contribution in [-0.4, -0.2) is 0 Å². The number of hydrogen-bond donors (Lipinski definition) is 0. The van der Waals surface area contributed by atoms with Gasteiger partial charge in [-0.25, -0.2) is 0 Å². The van der Waals surface area contributed by atoms with Crippen LogP contribution in [0.5, 0.6) is 0 Å². The molecule has 0 fully saturated rings. The van der Waals surface area contributed by atoms with Gasteiger partial charge in [-0.15, -0.1) is 0 Å². The first-order valence-electron chi connectivity index (χ1n) is 3.35. The summed E-state index contributed by atoms with van der Waals surface area (Å²) in [6.07, 6.45) is 0. The van der Waals surface area contributed by atoms with E-state index >= 15 is 0 Å². The quantitative estimate of drug-likeness (QED) is 0.512. The van der Waals surface area contributed by atoms with Gasteiger partial charge >= 0.3 is 0 Å². The van der Waals surface area contributed by atoms with Gasteiger partial charge in [0.15, 0.2) is 0 Å². The third kappa shape index (κ3) is 2280. The van der Waals surface area contributed by atoms with E-state index in [9.17, 15) is 0 Å². The predicted molar refractivity (Wildman–Crippen MR) is 51.5 cm³/mol. The molecule has 0 bridgehead atoms. The van der Waals surface area contributed by atoms with Crippen molar-refractivity contribution in [2.24, 2.45) is 5.41 Å². The Bertz CT molecular complexity index is 41.6. The zero-order chi connectivity index (χ0) is 8.08.